The van der Waals surface area contributed by atoms with E-state index in [4.69, 9.17) is 11.6 Å². The highest BCUT2D eigenvalue weighted by molar-refractivity contribution is 6.30. The Hall–Kier alpha value is -3.06. The smallest absolute Gasteiger partial charge is 0.277 e. The first-order valence-corrected chi connectivity index (χ1v) is 8.25. The summed E-state index contributed by atoms with van der Waals surface area (Å²) >= 11 is 5.84. The number of halogens is 1. The number of amides is 1. The molecule has 0 saturated carbocycles. The Bertz CT molecular complexity index is 995. The maximum Gasteiger partial charge on any atom is 0.277 e. The fourth-order valence-electron chi connectivity index (χ4n) is 2.43. The molecular formula is C18H16ClN5O2. The summed E-state index contributed by atoms with van der Waals surface area (Å²) in [6.07, 6.45) is 0. The summed E-state index contributed by atoms with van der Waals surface area (Å²) in [6.45, 7) is 3.88. The van der Waals surface area contributed by atoms with Crippen LogP contribution in [0, 0.1) is 13.8 Å². The maximum absolute atomic E-state index is 12.4. The fourth-order valence-corrected chi connectivity index (χ4v) is 2.56. The Morgan fingerprint density at radius 2 is 1.85 bits per heavy atom. The van der Waals surface area contributed by atoms with E-state index in [-0.39, 0.29) is 12.1 Å². The Balaban J connectivity index is 1.83. The van der Waals surface area contributed by atoms with Gasteiger partial charge in [-0.15, -0.1) is 0 Å². The lowest BCUT2D eigenvalue weighted by molar-refractivity contribution is 0.0949. The van der Waals surface area contributed by atoms with E-state index in [2.05, 4.69) is 25.5 Å². The number of carbonyl (C=O) groups excluding carboxylic acids is 1. The normalized spacial score (nSPS) is 10.6. The zero-order valence-electron chi connectivity index (χ0n) is 14.2. The van der Waals surface area contributed by atoms with Crippen molar-refractivity contribution in [1.29, 1.82) is 0 Å². The SMILES string of the molecule is Cc1cc(-c2cc(C(=O)NCc3ccc(Cl)cc3)c(=O)[nH]n2)nc(C)n1. The van der Waals surface area contributed by atoms with Gasteiger partial charge < -0.3 is 5.32 Å². The summed E-state index contributed by atoms with van der Waals surface area (Å²) in [5.74, 6) is 0.0917. The molecule has 7 nitrogen and oxygen atoms in total. The van der Waals surface area contributed by atoms with Crippen molar-refractivity contribution in [2.45, 2.75) is 20.4 Å². The van der Waals surface area contributed by atoms with E-state index in [0.29, 0.717) is 22.2 Å². The summed E-state index contributed by atoms with van der Waals surface area (Å²) < 4.78 is 0. The van der Waals surface area contributed by atoms with Crippen LogP contribution < -0.4 is 10.9 Å². The lowest BCUT2D eigenvalue weighted by atomic mass is 10.1. The van der Waals surface area contributed by atoms with Gasteiger partial charge in [-0.2, -0.15) is 5.10 Å². The number of nitrogens with one attached hydrogen (secondary N) is 2. The first-order valence-electron chi connectivity index (χ1n) is 7.87. The molecule has 3 rings (SSSR count). The molecule has 132 valence electrons. The van der Waals surface area contributed by atoms with Gasteiger partial charge in [0.1, 0.15) is 17.1 Å². The third kappa shape index (κ3) is 4.12. The van der Waals surface area contributed by atoms with Crippen LogP contribution in [0.2, 0.25) is 5.02 Å². The Morgan fingerprint density at radius 1 is 1.12 bits per heavy atom. The van der Waals surface area contributed by atoms with Crippen molar-refractivity contribution in [3.05, 3.63) is 74.4 Å². The minimum absolute atomic E-state index is 0.0297. The molecule has 0 aliphatic rings. The number of nitrogens with zero attached hydrogens (tertiary/aromatic N) is 3. The summed E-state index contributed by atoms with van der Waals surface area (Å²) in [5, 5.41) is 9.66. The molecule has 2 N–H and O–H groups in total. The van der Waals surface area contributed by atoms with E-state index in [1.165, 1.54) is 6.07 Å². The molecule has 1 amide bonds. The summed E-state index contributed by atoms with van der Waals surface area (Å²) in [4.78, 5) is 32.9. The number of aryl methyl sites for hydroxylation is 2. The van der Waals surface area contributed by atoms with Gasteiger partial charge in [0.15, 0.2) is 0 Å². The van der Waals surface area contributed by atoms with Crippen LogP contribution in [-0.4, -0.2) is 26.1 Å². The van der Waals surface area contributed by atoms with E-state index in [1.54, 1.807) is 37.3 Å². The van der Waals surface area contributed by atoms with Crippen molar-refractivity contribution in [1.82, 2.24) is 25.5 Å². The molecule has 26 heavy (non-hydrogen) atoms. The van der Waals surface area contributed by atoms with Crippen LogP contribution in [0.5, 0.6) is 0 Å². The molecule has 0 aliphatic heterocycles. The number of aromatic amines is 1. The zero-order chi connectivity index (χ0) is 18.7. The molecule has 0 unspecified atom stereocenters. The van der Waals surface area contributed by atoms with E-state index in [0.717, 1.165) is 11.3 Å². The first-order chi connectivity index (χ1) is 12.4. The number of hydrogen-bond donors (Lipinski definition) is 2. The van der Waals surface area contributed by atoms with Crippen LogP contribution in [0.1, 0.15) is 27.4 Å². The van der Waals surface area contributed by atoms with Gasteiger partial charge in [0.25, 0.3) is 11.5 Å². The van der Waals surface area contributed by atoms with Crippen molar-refractivity contribution in [3.63, 3.8) is 0 Å². The largest absolute Gasteiger partial charge is 0.348 e. The predicted octanol–water partition coefficient (Wildman–Crippen LogP) is 2.43. The van der Waals surface area contributed by atoms with Crippen molar-refractivity contribution in [2.75, 3.05) is 0 Å². The second kappa shape index (κ2) is 7.45. The highest BCUT2D eigenvalue weighted by Crippen LogP contribution is 2.15. The number of benzene rings is 1. The van der Waals surface area contributed by atoms with Crippen LogP contribution in [0.4, 0.5) is 0 Å². The number of rotatable bonds is 4. The monoisotopic (exact) mass is 369 g/mol. The molecule has 8 heteroatoms. The van der Waals surface area contributed by atoms with Crippen LogP contribution in [0.25, 0.3) is 11.4 Å². The average molecular weight is 370 g/mol. The molecule has 0 spiro atoms. The summed E-state index contributed by atoms with van der Waals surface area (Å²) in [6, 6.07) is 10.2. The first kappa shape index (κ1) is 17.8. The summed E-state index contributed by atoms with van der Waals surface area (Å²) in [7, 11) is 0. The average Bonchev–Trinajstić information content (AvgIpc) is 2.60. The van der Waals surface area contributed by atoms with Gasteiger partial charge in [0.2, 0.25) is 0 Å². The quantitative estimate of drug-likeness (QED) is 0.735. The molecule has 0 fully saturated rings. The number of hydrogen-bond acceptors (Lipinski definition) is 5. The lowest BCUT2D eigenvalue weighted by Crippen LogP contribution is -2.29. The maximum atomic E-state index is 12.4. The van der Waals surface area contributed by atoms with E-state index < -0.39 is 11.5 Å². The molecule has 0 aliphatic carbocycles. The van der Waals surface area contributed by atoms with Crippen molar-refractivity contribution >= 4 is 17.5 Å². The molecule has 1 aromatic carbocycles. The van der Waals surface area contributed by atoms with Crippen molar-refractivity contribution in [3.8, 4) is 11.4 Å². The fraction of sp³-hybridized carbons (Fsp3) is 0.167. The van der Waals surface area contributed by atoms with Gasteiger partial charge in [-0.3, -0.25) is 9.59 Å². The van der Waals surface area contributed by atoms with Crippen molar-refractivity contribution < 1.29 is 4.79 Å². The molecule has 0 radical (unpaired) electrons. The predicted molar refractivity (Wildman–Crippen MR) is 98.0 cm³/mol. The minimum Gasteiger partial charge on any atom is -0.348 e. The Morgan fingerprint density at radius 3 is 2.54 bits per heavy atom. The van der Waals surface area contributed by atoms with Gasteiger partial charge in [0.05, 0.1) is 5.69 Å². The standard InChI is InChI=1S/C18H16ClN5O2/c1-10-7-15(22-11(2)21-10)16-8-14(18(26)24-23-16)17(25)20-9-12-3-5-13(19)6-4-12/h3-8H,9H2,1-2H3,(H,20,25)(H,24,26). The van der Waals surface area contributed by atoms with Gasteiger partial charge in [-0.1, -0.05) is 23.7 Å². The molecule has 0 saturated heterocycles. The molecular weight excluding hydrogens is 354 g/mol. The Labute approximate surface area is 154 Å². The molecule has 2 heterocycles. The molecule has 0 bridgehead atoms. The number of H-pyrrole nitrogens is 1. The van der Waals surface area contributed by atoms with Gasteiger partial charge in [-0.05, 0) is 43.7 Å². The summed E-state index contributed by atoms with van der Waals surface area (Å²) in [5.41, 5.74) is 1.99. The van der Waals surface area contributed by atoms with E-state index in [9.17, 15) is 9.59 Å². The number of carbonyl (C=O) groups is 1. The zero-order valence-corrected chi connectivity index (χ0v) is 15.0. The second-order valence-electron chi connectivity index (χ2n) is 5.75. The molecule has 0 atom stereocenters. The van der Waals surface area contributed by atoms with Gasteiger partial charge >= 0.3 is 0 Å². The van der Waals surface area contributed by atoms with Crippen LogP contribution in [-0.2, 0) is 6.54 Å². The topological polar surface area (TPSA) is 101 Å². The lowest BCUT2D eigenvalue weighted by Gasteiger charge is -2.07. The van der Waals surface area contributed by atoms with Gasteiger partial charge in [-0.25, -0.2) is 15.1 Å². The Kier molecular flexibility index (Phi) is 5.09. The van der Waals surface area contributed by atoms with Crippen LogP contribution in [0.3, 0.4) is 0 Å². The third-order valence-electron chi connectivity index (χ3n) is 3.64. The molecule has 2 aromatic heterocycles. The van der Waals surface area contributed by atoms with E-state index in [1.807, 2.05) is 6.92 Å². The van der Waals surface area contributed by atoms with Gasteiger partial charge in [0, 0.05) is 17.3 Å². The van der Waals surface area contributed by atoms with Crippen LogP contribution >= 0.6 is 11.6 Å². The highest BCUT2D eigenvalue weighted by atomic mass is 35.5. The number of aromatic nitrogens is 4. The van der Waals surface area contributed by atoms with Crippen LogP contribution in [0.15, 0.2) is 41.2 Å². The van der Waals surface area contributed by atoms with Crippen molar-refractivity contribution in [2.24, 2.45) is 0 Å². The second-order valence-corrected chi connectivity index (χ2v) is 6.18. The highest BCUT2D eigenvalue weighted by Gasteiger charge is 2.14. The third-order valence-corrected chi connectivity index (χ3v) is 3.89. The van der Waals surface area contributed by atoms with E-state index >= 15 is 0 Å². The minimum atomic E-state index is -0.565. The molecule has 3 aromatic rings.